The number of alkyl halides is 1. The van der Waals surface area contributed by atoms with Crippen LogP contribution in [0.3, 0.4) is 0 Å². The highest BCUT2D eigenvalue weighted by molar-refractivity contribution is 5.15. The maximum Gasteiger partial charge on any atom is 0.137 e. The van der Waals surface area contributed by atoms with Crippen molar-refractivity contribution in [2.24, 2.45) is 0 Å². The molecule has 0 spiro atoms. The second-order valence-electron chi connectivity index (χ2n) is 2.08. The maximum atomic E-state index is 11.6. The fraction of sp³-hybridized carbons (Fsp3) is 0.375. The molecule has 0 amide bonds. The van der Waals surface area contributed by atoms with Crippen molar-refractivity contribution in [1.29, 1.82) is 0 Å². The Morgan fingerprint density at radius 2 is 2.45 bits per heavy atom. The lowest BCUT2D eigenvalue weighted by Gasteiger charge is -2.01. The lowest BCUT2D eigenvalue weighted by Crippen LogP contribution is -1.97. The Labute approximate surface area is 65.0 Å². The molecule has 0 saturated heterocycles. The smallest absolute Gasteiger partial charge is 0.137 e. The highest BCUT2D eigenvalue weighted by Gasteiger charge is 1.90. The molecule has 0 atom stereocenters. The Kier molecular flexibility index (Phi) is 3.38. The fourth-order valence-corrected chi connectivity index (χ4v) is 0.677. The van der Waals surface area contributed by atoms with Crippen molar-refractivity contribution in [3.05, 3.63) is 24.5 Å². The van der Waals surface area contributed by atoms with Gasteiger partial charge in [-0.05, 0) is 12.1 Å². The summed E-state index contributed by atoms with van der Waals surface area (Å²) >= 11 is 0. The van der Waals surface area contributed by atoms with Gasteiger partial charge in [0.1, 0.15) is 5.75 Å². The highest BCUT2D eigenvalue weighted by atomic mass is 19.1. The molecule has 1 aromatic heterocycles. The number of nitrogens with zero attached hydrogens (tertiary/aromatic N) is 1. The second-order valence-corrected chi connectivity index (χ2v) is 2.08. The molecule has 2 nitrogen and oxygen atoms in total. The third-order valence-electron chi connectivity index (χ3n) is 1.18. The first kappa shape index (κ1) is 7.98. The first-order valence-electron chi connectivity index (χ1n) is 3.52. The van der Waals surface area contributed by atoms with Crippen molar-refractivity contribution in [2.45, 2.75) is 6.42 Å². The molecule has 1 aromatic rings. The average Bonchev–Trinajstić information content (AvgIpc) is 2.07. The molecule has 0 aliphatic heterocycles. The summed E-state index contributed by atoms with van der Waals surface area (Å²) in [5.41, 5.74) is 0. The normalized spacial score (nSPS) is 9.55. The minimum absolute atomic E-state index is 0.333. The molecule has 0 fully saturated rings. The van der Waals surface area contributed by atoms with E-state index in [-0.39, 0.29) is 6.67 Å². The van der Waals surface area contributed by atoms with E-state index >= 15 is 0 Å². The van der Waals surface area contributed by atoms with Gasteiger partial charge in [0.2, 0.25) is 0 Å². The molecule has 0 unspecified atom stereocenters. The van der Waals surface area contributed by atoms with Crippen molar-refractivity contribution >= 4 is 0 Å². The summed E-state index contributed by atoms with van der Waals surface area (Å²) in [7, 11) is 0. The number of halogens is 1. The Morgan fingerprint density at radius 1 is 1.55 bits per heavy atom. The van der Waals surface area contributed by atoms with Gasteiger partial charge in [0.15, 0.2) is 0 Å². The van der Waals surface area contributed by atoms with Gasteiger partial charge in [-0.25, -0.2) is 0 Å². The molecule has 3 heteroatoms. The van der Waals surface area contributed by atoms with Crippen molar-refractivity contribution in [2.75, 3.05) is 13.3 Å². The van der Waals surface area contributed by atoms with E-state index in [1.807, 2.05) is 0 Å². The molecule has 0 N–H and O–H groups in total. The monoisotopic (exact) mass is 155 g/mol. The summed E-state index contributed by atoms with van der Waals surface area (Å²) in [6.45, 7) is 0.0858. The Bertz CT molecular complexity index is 191. The molecule has 0 aliphatic carbocycles. The number of aromatic nitrogens is 1. The van der Waals surface area contributed by atoms with Gasteiger partial charge in [-0.1, -0.05) is 0 Å². The van der Waals surface area contributed by atoms with Crippen LogP contribution in [0.5, 0.6) is 5.75 Å². The summed E-state index contributed by atoms with van der Waals surface area (Å²) < 4.78 is 16.7. The van der Waals surface area contributed by atoms with Gasteiger partial charge in [0.25, 0.3) is 0 Å². The number of pyridine rings is 1. The lowest BCUT2D eigenvalue weighted by atomic mass is 10.4. The van der Waals surface area contributed by atoms with Gasteiger partial charge < -0.3 is 4.74 Å². The SMILES string of the molecule is FCCCOc1cccnc1. The zero-order valence-electron chi connectivity index (χ0n) is 6.16. The number of hydrogen-bond donors (Lipinski definition) is 0. The molecule has 0 aromatic carbocycles. The minimum atomic E-state index is -0.333. The van der Waals surface area contributed by atoms with Gasteiger partial charge in [0, 0.05) is 12.6 Å². The van der Waals surface area contributed by atoms with Crippen LogP contribution in [0.25, 0.3) is 0 Å². The van der Waals surface area contributed by atoms with E-state index in [0.29, 0.717) is 18.8 Å². The van der Waals surface area contributed by atoms with Gasteiger partial charge in [-0.3, -0.25) is 9.37 Å². The van der Waals surface area contributed by atoms with Crippen LogP contribution >= 0.6 is 0 Å². The number of ether oxygens (including phenoxy) is 1. The van der Waals surface area contributed by atoms with Crippen LogP contribution < -0.4 is 4.74 Å². The van der Waals surface area contributed by atoms with Crippen LogP contribution in [0.15, 0.2) is 24.5 Å². The van der Waals surface area contributed by atoms with E-state index in [9.17, 15) is 4.39 Å². The predicted octanol–water partition coefficient (Wildman–Crippen LogP) is 1.82. The number of rotatable bonds is 4. The standard InChI is InChI=1S/C8H10FNO/c9-4-2-6-11-8-3-1-5-10-7-8/h1,3,5,7H,2,4,6H2. The molecular weight excluding hydrogens is 145 g/mol. The molecule has 1 heterocycles. The second kappa shape index (κ2) is 4.66. The molecule has 0 aliphatic rings. The lowest BCUT2D eigenvalue weighted by molar-refractivity contribution is 0.289. The van der Waals surface area contributed by atoms with Gasteiger partial charge in [0.05, 0.1) is 19.5 Å². The first-order chi connectivity index (χ1) is 5.43. The van der Waals surface area contributed by atoms with E-state index in [1.54, 1.807) is 24.5 Å². The van der Waals surface area contributed by atoms with E-state index in [4.69, 9.17) is 4.74 Å². The van der Waals surface area contributed by atoms with Crippen LogP contribution in [0, 0.1) is 0 Å². The Morgan fingerprint density at radius 3 is 3.09 bits per heavy atom. The minimum Gasteiger partial charge on any atom is -0.492 e. The van der Waals surface area contributed by atoms with Crippen molar-refractivity contribution in [3.63, 3.8) is 0 Å². The molecule has 0 bridgehead atoms. The quantitative estimate of drug-likeness (QED) is 0.619. The van der Waals surface area contributed by atoms with Crippen molar-refractivity contribution in [1.82, 2.24) is 4.98 Å². The van der Waals surface area contributed by atoms with Crippen LogP contribution in [0.4, 0.5) is 4.39 Å². The van der Waals surface area contributed by atoms with Crippen molar-refractivity contribution < 1.29 is 9.13 Å². The van der Waals surface area contributed by atoms with E-state index in [0.717, 1.165) is 0 Å². The van der Waals surface area contributed by atoms with Crippen LogP contribution in [0.1, 0.15) is 6.42 Å². The molecule has 0 radical (unpaired) electrons. The Balaban J connectivity index is 2.28. The Hall–Kier alpha value is -1.12. The van der Waals surface area contributed by atoms with Gasteiger partial charge in [-0.2, -0.15) is 0 Å². The van der Waals surface area contributed by atoms with Crippen LogP contribution in [-0.4, -0.2) is 18.3 Å². The largest absolute Gasteiger partial charge is 0.492 e. The summed E-state index contributed by atoms with van der Waals surface area (Å²) in [5, 5.41) is 0. The average molecular weight is 155 g/mol. The fourth-order valence-electron chi connectivity index (χ4n) is 0.677. The molecule has 60 valence electrons. The maximum absolute atomic E-state index is 11.6. The summed E-state index contributed by atoms with van der Waals surface area (Å²) in [4.78, 5) is 3.84. The van der Waals surface area contributed by atoms with Crippen LogP contribution in [0.2, 0.25) is 0 Å². The molecule has 0 saturated carbocycles. The molecular formula is C8H10FNO. The first-order valence-corrected chi connectivity index (χ1v) is 3.52. The van der Waals surface area contributed by atoms with E-state index < -0.39 is 0 Å². The molecule has 11 heavy (non-hydrogen) atoms. The summed E-state index contributed by atoms with van der Waals surface area (Å²) in [6, 6.07) is 3.58. The zero-order chi connectivity index (χ0) is 7.94. The summed E-state index contributed by atoms with van der Waals surface area (Å²) in [5.74, 6) is 0.695. The van der Waals surface area contributed by atoms with Crippen molar-refractivity contribution in [3.8, 4) is 5.75 Å². The summed E-state index contributed by atoms with van der Waals surface area (Å²) in [6.07, 6.45) is 3.72. The third kappa shape index (κ3) is 2.98. The predicted molar refractivity (Wildman–Crippen MR) is 40.3 cm³/mol. The molecule has 1 rings (SSSR count). The third-order valence-corrected chi connectivity index (χ3v) is 1.18. The zero-order valence-corrected chi connectivity index (χ0v) is 6.16. The van der Waals surface area contributed by atoms with E-state index in [1.165, 1.54) is 0 Å². The topological polar surface area (TPSA) is 22.1 Å². The van der Waals surface area contributed by atoms with Gasteiger partial charge >= 0.3 is 0 Å². The van der Waals surface area contributed by atoms with E-state index in [2.05, 4.69) is 4.98 Å². The van der Waals surface area contributed by atoms with Gasteiger partial charge in [-0.15, -0.1) is 0 Å². The van der Waals surface area contributed by atoms with Crippen LogP contribution in [-0.2, 0) is 0 Å². The highest BCUT2D eigenvalue weighted by Crippen LogP contribution is 2.05. The number of hydrogen-bond acceptors (Lipinski definition) is 2.